The van der Waals surface area contributed by atoms with E-state index in [2.05, 4.69) is 40.4 Å². The van der Waals surface area contributed by atoms with E-state index in [0.29, 0.717) is 6.42 Å². The highest BCUT2D eigenvalue weighted by molar-refractivity contribution is 6.74. The van der Waals surface area contributed by atoms with Crippen LogP contribution in [-0.2, 0) is 23.4 Å². The molecule has 0 unspecified atom stereocenters. The zero-order valence-electron chi connectivity index (χ0n) is 21.0. The molecule has 6 nitrogen and oxygen atoms in total. The topological polar surface area (TPSA) is 66.4 Å². The summed E-state index contributed by atoms with van der Waals surface area (Å²) in [7, 11) is -0.648. The maximum Gasteiger partial charge on any atom is 0.192 e. The van der Waals surface area contributed by atoms with E-state index in [9.17, 15) is 5.11 Å². The molecule has 1 heterocycles. The third kappa shape index (κ3) is 6.73. The number of ether oxygens (including phenoxy) is 4. The second-order valence-corrected chi connectivity index (χ2v) is 15.2. The van der Waals surface area contributed by atoms with Gasteiger partial charge in [-0.05, 0) is 44.0 Å². The molecule has 1 aromatic rings. The SMILES string of the molecule is C=CC[C@@H](O)[C@H](O[Si](C)(C)C(C)(C)C)[C@H]1OC(C)(C)O[C@@H]1[C@H](OCOC)c1ccccc1. The molecule has 0 saturated carbocycles. The maximum atomic E-state index is 11.1. The average Bonchev–Trinajstić information content (AvgIpc) is 3.01. The Bertz CT molecular complexity index is 715. The molecule has 0 spiro atoms. The van der Waals surface area contributed by atoms with Crippen molar-refractivity contribution in [1.29, 1.82) is 0 Å². The molecule has 1 aromatic carbocycles. The molecule has 1 saturated heterocycles. The molecule has 0 aliphatic carbocycles. The highest BCUT2D eigenvalue weighted by atomic mass is 28.4. The van der Waals surface area contributed by atoms with Gasteiger partial charge in [-0.25, -0.2) is 0 Å². The van der Waals surface area contributed by atoms with Crippen LogP contribution in [0.15, 0.2) is 43.0 Å². The molecule has 1 fully saturated rings. The highest BCUT2D eigenvalue weighted by Gasteiger charge is 2.53. The van der Waals surface area contributed by atoms with Gasteiger partial charge in [-0.2, -0.15) is 0 Å². The van der Waals surface area contributed by atoms with Crippen LogP contribution < -0.4 is 0 Å². The summed E-state index contributed by atoms with van der Waals surface area (Å²) in [6.07, 6.45) is -0.791. The van der Waals surface area contributed by atoms with Crippen LogP contribution in [0.5, 0.6) is 0 Å². The summed E-state index contributed by atoms with van der Waals surface area (Å²) < 4.78 is 30.8. The summed E-state index contributed by atoms with van der Waals surface area (Å²) in [5.41, 5.74) is 0.949. The monoisotopic (exact) mass is 466 g/mol. The van der Waals surface area contributed by atoms with Crippen molar-refractivity contribution < 1.29 is 28.5 Å². The molecule has 7 heteroatoms. The van der Waals surface area contributed by atoms with Crippen molar-refractivity contribution in [3.05, 3.63) is 48.6 Å². The van der Waals surface area contributed by atoms with Crippen LogP contribution in [0.3, 0.4) is 0 Å². The van der Waals surface area contributed by atoms with Gasteiger partial charge in [0.15, 0.2) is 14.1 Å². The normalized spacial score (nSPS) is 24.2. The van der Waals surface area contributed by atoms with Crippen molar-refractivity contribution in [3.8, 4) is 0 Å². The Morgan fingerprint density at radius 1 is 1.16 bits per heavy atom. The minimum Gasteiger partial charge on any atom is -0.409 e. The van der Waals surface area contributed by atoms with Gasteiger partial charge in [0.2, 0.25) is 0 Å². The molecule has 5 atom stereocenters. The first-order valence-corrected chi connectivity index (χ1v) is 14.2. The van der Waals surface area contributed by atoms with Gasteiger partial charge < -0.3 is 28.5 Å². The molecule has 2 rings (SSSR count). The minimum atomic E-state index is -2.24. The Morgan fingerprint density at radius 2 is 1.75 bits per heavy atom. The van der Waals surface area contributed by atoms with Crippen LogP contribution in [-0.4, -0.2) is 57.5 Å². The molecule has 182 valence electrons. The van der Waals surface area contributed by atoms with Gasteiger partial charge in [-0.3, -0.25) is 0 Å². The average molecular weight is 467 g/mol. The summed E-state index contributed by atoms with van der Waals surface area (Å²) in [6.45, 7) is 18.6. The first-order chi connectivity index (χ1) is 14.8. The maximum absolute atomic E-state index is 11.1. The molecule has 1 aliphatic rings. The number of rotatable bonds is 11. The summed E-state index contributed by atoms with van der Waals surface area (Å²) in [4.78, 5) is 0. The number of aliphatic hydroxyl groups excluding tert-OH is 1. The number of methoxy groups -OCH3 is 1. The van der Waals surface area contributed by atoms with Crippen LogP contribution in [0.2, 0.25) is 18.1 Å². The minimum absolute atomic E-state index is 0.0327. The van der Waals surface area contributed by atoms with E-state index in [1.807, 2.05) is 44.2 Å². The van der Waals surface area contributed by atoms with Gasteiger partial charge in [-0.15, -0.1) is 6.58 Å². The fraction of sp³-hybridized carbons (Fsp3) is 0.680. The predicted octanol–water partition coefficient (Wildman–Crippen LogP) is 5.20. The van der Waals surface area contributed by atoms with E-state index >= 15 is 0 Å². The number of hydrogen-bond donors (Lipinski definition) is 1. The quantitative estimate of drug-likeness (QED) is 0.275. The molecule has 0 aromatic heterocycles. The van der Waals surface area contributed by atoms with Crippen LogP contribution in [0.25, 0.3) is 0 Å². The van der Waals surface area contributed by atoms with Gasteiger partial charge in [0.1, 0.15) is 31.2 Å². The van der Waals surface area contributed by atoms with Crippen molar-refractivity contribution in [1.82, 2.24) is 0 Å². The van der Waals surface area contributed by atoms with Gasteiger partial charge in [-0.1, -0.05) is 57.2 Å². The first kappa shape index (κ1) is 27.2. The van der Waals surface area contributed by atoms with Gasteiger partial charge in [0.25, 0.3) is 0 Å². The Balaban J connectivity index is 2.49. The van der Waals surface area contributed by atoms with E-state index in [4.69, 9.17) is 23.4 Å². The second-order valence-electron chi connectivity index (χ2n) is 10.4. The van der Waals surface area contributed by atoms with Crippen LogP contribution in [0.1, 0.15) is 52.7 Å². The number of benzene rings is 1. The van der Waals surface area contributed by atoms with Crippen molar-refractivity contribution >= 4 is 8.32 Å². The molecule has 1 aliphatic heterocycles. The smallest absolute Gasteiger partial charge is 0.192 e. The van der Waals surface area contributed by atoms with E-state index < -0.39 is 44.6 Å². The molecular formula is C25H42O6Si. The molecular weight excluding hydrogens is 424 g/mol. The summed E-state index contributed by atoms with van der Waals surface area (Å²) in [5, 5.41) is 11.1. The summed E-state index contributed by atoms with van der Waals surface area (Å²) in [5.74, 6) is -0.859. The van der Waals surface area contributed by atoms with Gasteiger partial charge >= 0.3 is 0 Å². The van der Waals surface area contributed by atoms with Crippen molar-refractivity contribution in [3.63, 3.8) is 0 Å². The Labute approximate surface area is 195 Å². The zero-order valence-corrected chi connectivity index (χ0v) is 22.0. The number of hydrogen-bond acceptors (Lipinski definition) is 6. The van der Waals surface area contributed by atoms with E-state index in [-0.39, 0.29) is 11.8 Å². The van der Waals surface area contributed by atoms with Gasteiger partial charge in [0, 0.05) is 7.11 Å². The lowest BCUT2D eigenvalue weighted by atomic mass is 9.94. The van der Waals surface area contributed by atoms with Crippen LogP contribution in [0.4, 0.5) is 0 Å². The lowest BCUT2D eigenvalue weighted by Gasteiger charge is -2.43. The molecule has 0 amide bonds. The fourth-order valence-electron chi connectivity index (χ4n) is 3.66. The Hall–Kier alpha value is -1.06. The van der Waals surface area contributed by atoms with E-state index in [1.165, 1.54) is 0 Å². The van der Waals surface area contributed by atoms with Gasteiger partial charge in [0.05, 0.1) is 6.10 Å². The lowest BCUT2D eigenvalue weighted by molar-refractivity contribution is -0.173. The first-order valence-electron chi connectivity index (χ1n) is 11.3. The van der Waals surface area contributed by atoms with E-state index in [0.717, 1.165) is 5.56 Å². The second kappa shape index (κ2) is 10.9. The molecule has 0 radical (unpaired) electrons. The fourth-order valence-corrected chi connectivity index (χ4v) is 4.98. The summed E-state index contributed by atoms with van der Waals surface area (Å²) in [6, 6.07) is 9.88. The van der Waals surface area contributed by atoms with Crippen LogP contribution >= 0.6 is 0 Å². The summed E-state index contributed by atoms with van der Waals surface area (Å²) >= 11 is 0. The van der Waals surface area contributed by atoms with Crippen molar-refractivity contribution in [2.45, 2.75) is 95.5 Å². The van der Waals surface area contributed by atoms with Crippen LogP contribution in [0, 0.1) is 0 Å². The Morgan fingerprint density at radius 3 is 2.28 bits per heavy atom. The lowest BCUT2D eigenvalue weighted by Crippen LogP contribution is -2.54. The molecule has 32 heavy (non-hydrogen) atoms. The Kier molecular flexibility index (Phi) is 9.27. The highest BCUT2D eigenvalue weighted by Crippen LogP contribution is 2.43. The van der Waals surface area contributed by atoms with Crippen molar-refractivity contribution in [2.24, 2.45) is 0 Å². The predicted molar refractivity (Wildman–Crippen MR) is 129 cm³/mol. The largest absolute Gasteiger partial charge is 0.409 e. The standard InChI is InChI=1S/C25H42O6Si/c1-10-14-19(26)21(31-32(8,9)24(2,3)4)23-22(29-25(5,6)30-23)20(28-17-27-7)18-15-12-11-13-16-18/h10-13,15-16,19-23,26H,1,14,17H2,2-9H3/t19-,20-,21+,22-,23-/m1/s1. The van der Waals surface area contributed by atoms with Crippen molar-refractivity contribution in [2.75, 3.05) is 13.9 Å². The zero-order chi connectivity index (χ0) is 24.2. The molecule has 0 bridgehead atoms. The third-order valence-corrected chi connectivity index (χ3v) is 10.8. The molecule has 1 N–H and O–H groups in total. The number of aliphatic hydroxyl groups is 1. The van der Waals surface area contributed by atoms with E-state index in [1.54, 1.807) is 13.2 Å². The third-order valence-electron chi connectivity index (χ3n) is 6.30.